The number of hydrogen-bond acceptors (Lipinski definition) is 2. The van der Waals surface area contributed by atoms with Crippen LogP contribution in [-0.4, -0.2) is 0 Å². The van der Waals surface area contributed by atoms with E-state index in [0.29, 0.717) is 0 Å². The maximum atomic E-state index is 9.60. The fourth-order valence-electron chi connectivity index (χ4n) is 0.743. The van der Waals surface area contributed by atoms with Crippen LogP contribution in [0.5, 0.6) is 0 Å². The Bertz CT molecular complexity index is 147. The molecule has 0 saturated carbocycles. The minimum absolute atomic E-state index is 0.978. The molecule has 0 aromatic rings. The van der Waals surface area contributed by atoms with Gasteiger partial charge < -0.3 is 0 Å². The maximum Gasteiger partial charge on any atom is 0.0746 e. The molecule has 0 aromatic carbocycles. The molecular weight excluding hydrogens is 102 g/mol. The Balaban J connectivity index is 2.58. The quantitative estimate of drug-likeness (QED) is 0.473. The highest BCUT2D eigenvalue weighted by Gasteiger charge is 1.96. The van der Waals surface area contributed by atoms with E-state index in [1.807, 2.05) is 12.2 Å². The van der Waals surface area contributed by atoms with Gasteiger partial charge in [0.2, 0.25) is 0 Å². The van der Waals surface area contributed by atoms with Crippen molar-refractivity contribution >= 4 is 0 Å². The second-order valence-electron chi connectivity index (χ2n) is 1.75. The number of rotatable bonds is 1. The van der Waals surface area contributed by atoms with Gasteiger partial charge in [-0.1, -0.05) is 12.2 Å². The second kappa shape index (κ2) is 2.40. The van der Waals surface area contributed by atoms with Gasteiger partial charge in [0.15, 0.2) is 0 Å². The third kappa shape index (κ3) is 1.03. The first-order valence-corrected chi connectivity index (χ1v) is 2.61. The monoisotopic (exact) mass is 109 g/mol. The first-order chi connectivity index (χ1) is 3.93. The summed E-state index contributed by atoms with van der Waals surface area (Å²) < 4.78 is 0. The Morgan fingerprint density at radius 2 is 2.62 bits per heavy atom. The lowest BCUT2D eigenvalue weighted by atomic mass is 10.3. The molecule has 0 N–H and O–H groups in total. The van der Waals surface area contributed by atoms with Crippen molar-refractivity contribution < 1.29 is 0 Å². The van der Waals surface area contributed by atoms with Gasteiger partial charge >= 0.3 is 0 Å². The van der Waals surface area contributed by atoms with Crippen molar-refractivity contribution in [2.75, 3.05) is 0 Å². The van der Waals surface area contributed by atoms with Crippen LogP contribution in [0.15, 0.2) is 29.1 Å². The van der Waals surface area contributed by atoms with Crippen LogP contribution in [0.25, 0.3) is 0 Å². The van der Waals surface area contributed by atoms with E-state index in [1.165, 1.54) is 6.20 Å². The summed E-state index contributed by atoms with van der Waals surface area (Å²) in [5, 5.41) is 2.65. The third-order valence-electron chi connectivity index (χ3n) is 1.15. The summed E-state index contributed by atoms with van der Waals surface area (Å²) in [4.78, 5) is 9.60. The number of allylic oxidation sites excluding steroid dienone is 3. The van der Waals surface area contributed by atoms with Gasteiger partial charge in [0.1, 0.15) is 0 Å². The van der Waals surface area contributed by atoms with Crippen molar-refractivity contribution in [3.05, 3.63) is 28.8 Å². The largest absolute Gasteiger partial charge is 0.145 e. The Morgan fingerprint density at radius 1 is 1.75 bits per heavy atom. The lowest BCUT2D eigenvalue weighted by Crippen LogP contribution is -1.65. The van der Waals surface area contributed by atoms with Gasteiger partial charge in [-0.2, -0.15) is 0 Å². The van der Waals surface area contributed by atoms with E-state index in [2.05, 4.69) is 5.18 Å². The Hall–Kier alpha value is -0.920. The number of nitrogens with zero attached hydrogens (tertiary/aromatic N) is 1. The van der Waals surface area contributed by atoms with Gasteiger partial charge in [-0.15, -0.1) is 4.91 Å². The molecule has 1 rings (SSSR count). The topological polar surface area (TPSA) is 29.4 Å². The van der Waals surface area contributed by atoms with Crippen LogP contribution in [0.4, 0.5) is 0 Å². The molecule has 0 fully saturated rings. The highest BCUT2D eigenvalue weighted by atomic mass is 16.2. The van der Waals surface area contributed by atoms with Crippen molar-refractivity contribution in [3.63, 3.8) is 0 Å². The summed E-state index contributed by atoms with van der Waals surface area (Å²) >= 11 is 0. The van der Waals surface area contributed by atoms with E-state index in [4.69, 9.17) is 0 Å². The molecule has 0 aromatic heterocycles. The van der Waals surface area contributed by atoms with Gasteiger partial charge in [-0.05, 0) is 23.6 Å². The molecule has 0 atom stereocenters. The maximum absolute atomic E-state index is 9.60. The van der Waals surface area contributed by atoms with Crippen LogP contribution >= 0.6 is 0 Å². The molecular formula is C6H7NO. The van der Waals surface area contributed by atoms with Gasteiger partial charge in [0.25, 0.3) is 0 Å². The predicted octanol–water partition coefficient (Wildman–Crippen LogP) is 1.99. The van der Waals surface area contributed by atoms with Crippen molar-refractivity contribution in [3.8, 4) is 0 Å². The summed E-state index contributed by atoms with van der Waals surface area (Å²) in [7, 11) is 0. The standard InChI is InChI=1S/C6H7NO/c8-7-5-6-3-1-2-4-6/h1,3,5H,2,4H2/b6-5+. The molecule has 0 radical (unpaired) electrons. The van der Waals surface area contributed by atoms with Crippen LogP contribution in [-0.2, 0) is 0 Å². The predicted molar refractivity (Wildman–Crippen MR) is 32.3 cm³/mol. The summed E-state index contributed by atoms with van der Waals surface area (Å²) in [6.07, 6.45) is 7.37. The molecule has 0 amide bonds. The molecule has 1 aliphatic rings. The van der Waals surface area contributed by atoms with Gasteiger partial charge in [-0.3, -0.25) is 0 Å². The fourth-order valence-corrected chi connectivity index (χ4v) is 0.743. The molecule has 0 unspecified atom stereocenters. The van der Waals surface area contributed by atoms with E-state index >= 15 is 0 Å². The second-order valence-corrected chi connectivity index (χ2v) is 1.75. The minimum Gasteiger partial charge on any atom is -0.145 e. The van der Waals surface area contributed by atoms with Crippen LogP contribution in [0, 0.1) is 4.91 Å². The molecule has 0 heterocycles. The molecule has 0 spiro atoms. The normalized spacial score (nSPS) is 22.2. The van der Waals surface area contributed by atoms with Crippen molar-refractivity contribution in [1.82, 2.24) is 0 Å². The highest BCUT2D eigenvalue weighted by Crippen LogP contribution is 2.14. The van der Waals surface area contributed by atoms with E-state index in [0.717, 1.165) is 18.4 Å². The van der Waals surface area contributed by atoms with Crippen molar-refractivity contribution in [2.24, 2.45) is 5.18 Å². The highest BCUT2D eigenvalue weighted by molar-refractivity contribution is 5.23. The third-order valence-corrected chi connectivity index (χ3v) is 1.15. The van der Waals surface area contributed by atoms with E-state index in [1.54, 1.807) is 0 Å². The Kier molecular flexibility index (Phi) is 1.57. The van der Waals surface area contributed by atoms with Crippen LogP contribution in [0.3, 0.4) is 0 Å². The summed E-state index contributed by atoms with van der Waals surface area (Å²) in [5.41, 5.74) is 1.04. The summed E-state index contributed by atoms with van der Waals surface area (Å²) in [5.74, 6) is 0. The zero-order chi connectivity index (χ0) is 5.82. The zero-order valence-corrected chi connectivity index (χ0v) is 4.50. The Labute approximate surface area is 47.9 Å². The molecule has 42 valence electrons. The lowest BCUT2D eigenvalue weighted by molar-refractivity contribution is 1.06. The minimum atomic E-state index is 0.978. The number of nitroso groups, excluding NO2 is 1. The molecule has 0 saturated heterocycles. The van der Waals surface area contributed by atoms with E-state index < -0.39 is 0 Å². The SMILES string of the molecule is O=N/C=C1\C=CCC1. The van der Waals surface area contributed by atoms with Gasteiger partial charge in [0.05, 0.1) is 6.20 Å². The lowest BCUT2D eigenvalue weighted by Gasteiger charge is -1.82. The Morgan fingerprint density at radius 3 is 3.12 bits per heavy atom. The summed E-state index contributed by atoms with van der Waals surface area (Å²) in [6, 6.07) is 0. The van der Waals surface area contributed by atoms with Crippen LogP contribution in [0.1, 0.15) is 12.8 Å². The average Bonchev–Trinajstić information content (AvgIpc) is 2.19. The van der Waals surface area contributed by atoms with Gasteiger partial charge in [0, 0.05) is 0 Å². The van der Waals surface area contributed by atoms with Gasteiger partial charge in [-0.25, -0.2) is 0 Å². The smallest absolute Gasteiger partial charge is 0.0746 e. The number of hydrogen-bond donors (Lipinski definition) is 0. The van der Waals surface area contributed by atoms with Crippen LogP contribution in [0.2, 0.25) is 0 Å². The fraction of sp³-hybridized carbons (Fsp3) is 0.333. The molecule has 2 nitrogen and oxygen atoms in total. The first-order valence-electron chi connectivity index (χ1n) is 2.61. The molecule has 8 heavy (non-hydrogen) atoms. The first kappa shape index (κ1) is 5.22. The molecule has 0 aliphatic heterocycles. The van der Waals surface area contributed by atoms with E-state index in [9.17, 15) is 4.91 Å². The zero-order valence-electron chi connectivity index (χ0n) is 4.50. The molecule has 1 aliphatic carbocycles. The molecule has 2 heteroatoms. The van der Waals surface area contributed by atoms with E-state index in [-0.39, 0.29) is 0 Å². The summed E-state index contributed by atoms with van der Waals surface area (Å²) in [6.45, 7) is 0. The molecule has 0 bridgehead atoms. The van der Waals surface area contributed by atoms with Crippen LogP contribution < -0.4 is 0 Å². The van der Waals surface area contributed by atoms with Crippen molar-refractivity contribution in [1.29, 1.82) is 0 Å². The average molecular weight is 109 g/mol. The van der Waals surface area contributed by atoms with Crippen molar-refractivity contribution in [2.45, 2.75) is 12.8 Å².